The molecule has 0 bridgehead atoms. The van der Waals surface area contributed by atoms with Crippen LogP contribution < -0.4 is 10.1 Å². The van der Waals surface area contributed by atoms with Crippen LogP contribution in [0.2, 0.25) is 0 Å². The van der Waals surface area contributed by atoms with Crippen LogP contribution in [0.25, 0.3) is 22.8 Å². The Morgan fingerprint density at radius 3 is 2.81 bits per heavy atom. The zero-order chi connectivity index (χ0) is 19.0. The van der Waals surface area contributed by atoms with Crippen molar-refractivity contribution >= 4 is 21.8 Å². The molecule has 0 saturated heterocycles. The van der Waals surface area contributed by atoms with Gasteiger partial charge in [0, 0.05) is 29.3 Å². The lowest BCUT2D eigenvalue weighted by atomic mass is 10.1. The Bertz CT molecular complexity index is 1010. The number of nitrogens with zero attached hydrogens (tertiary/aromatic N) is 2. The second kappa shape index (κ2) is 7.15. The first kappa shape index (κ1) is 17.7. The fourth-order valence-electron chi connectivity index (χ4n) is 3.10. The number of aromatic nitrogens is 3. The van der Waals surface area contributed by atoms with Crippen molar-refractivity contribution in [2.75, 3.05) is 6.54 Å². The number of carbonyl (C=O) groups is 1. The van der Waals surface area contributed by atoms with Crippen LogP contribution in [0.1, 0.15) is 29.9 Å². The summed E-state index contributed by atoms with van der Waals surface area (Å²) in [6.45, 7) is 4.62. The van der Waals surface area contributed by atoms with Gasteiger partial charge in [0.2, 0.25) is 0 Å². The van der Waals surface area contributed by atoms with E-state index >= 15 is 0 Å². The van der Waals surface area contributed by atoms with Crippen LogP contribution in [-0.4, -0.2) is 33.5 Å². The molecule has 2 N–H and O–H groups in total. The lowest BCUT2D eigenvalue weighted by Crippen LogP contribution is -2.31. The van der Waals surface area contributed by atoms with E-state index in [9.17, 15) is 4.79 Å². The molecule has 1 amide bonds. The van der Waals surface area contributed by atoms with Crippen molar-refractivity contribution < 1.29 is 9.53 Å². The molecule has 1 aromatic carbocycles. The number of amides is 1. The van der Waals surface area contributed by atoms with Gasteiger partial charge in [0.15, 0.2) is 5.82 Å². The molecule has 138 valence electrons. The van der Waals surface area contributed by atoms with Crippen molar-refractivity contribution in [2.45, 2.75) is 26.4 Å². The van der Waals surface area contributed by atoms with Crippen LogP contribution in [0.15, 0.2) is 41.0 Å². The Morgan fingerprint density at radius 1 is 1.19 bits per heavy atom. The molecule has 2 aromatic heterocycles. The number of hydrogen-bond donors (Lipinski definition) is 2. The Labute approximate surface area is 165 Å². The van der Waals surface area contributed by atoms with Gasteiger partial charge in [-0.15, -0.1) is 0 Å². The van der Waals surface area contributed by atoms with E-state index in [4.69, 9.17) is 9.72 Å². The van der Waals surface area contributed by atoms with E-state index in [2.05, 4.69) is 31.2 Å². The molecule has 0 saturated carbocycles. The smallest absolute Gasteiger partial charge is 0.253 e. The highest BCUT2D eigenvalue weighted by Crippen LogP contribution is 2.32. The van der Waals surface area contributed by atoms with Gasteiger partial charge in [0.25, 0.3) is 5.91 Å². The molecule has 0 aliphatic carbocycles. The Kier molecular flexibility index (Phi) is 4.70. The van der Waals surface area contributed by atoms with E-state index in [0.717, 1.165) is 39.3 Å². The van der Waals surface area contributed by atoms with Gasteiger partial charge in [0.1, 0.15) is 5.75 Å². The molecular weight excluding hydrogens is 408 g/mol. The average molecular weight is 427 g/mol. The monoisotopic (exact) mass is 426 g/mol. The van der Waals surface area contributed by atoms with E-state index < -0.39 is 0 Å². The first-order valence-electron chi connectivity index (χ1n) is 8.81. The number of hydrogen-bond acceptors (Lipinski definition) is 4. The summed E-state index contributed by atoms with van der Waals surface area (Å²) in [6, 6.07) is 9.47. The maximum atomic E-state index is 12.0. The number of benzene rings is 1. The summed E-state index contributed by atoms with van der Waals surface area (Å²) < 4.78 is 6.84. The van der Waals surface area contributed by atoms with Crippen molar-refractivity contribution in [1.82, 2.24) is 20.3 Å². The molecule has 0 atom stereocenters. The molecule has 7 heteroatoms. The van der Waals surface area contributed by atoms with Gasteiger partial charge < -0.3 is 15.0 Å². The summed E-state index contributed by atoms with van der Waals surface area (Å²) in [5, 5.41) is 2.86. The fraction of sp³-hybridized carbons (Fsp3) is 0.250. The van der Waals surface area contributed by atoms with Gasteiger partial charge in [-0.2, -0.15) is 0 Å². The van der Waals surface area contributed by atoms with Crippen LogP contribution in [0.5, 0.6) is 5.75 Å². The van der Waals surface area contributed by atoms with Crippen LogP contribution in [0.3, 0.4) is 0 Å². The lowest BCUT2D eigenvalue weighted by Gasteiger charge is -2.14. The predicted molar refractivity (Wildman–Crippen MR) is 107 cm³/mol. The summed E-state index contributed by atoms with van der Waals surface area (Å²) in [6.07, 6.45) is 2.55. The molecule has 3 heterocycles. The zero-order valence-electron chi connectivity index (χ0n) is 15.0. The molecule has 1 aliphatic heterocycles. The van der Waals surface area contributed by atoms with Gasteiger partial charge in [0.05, 0.1) is 28.6 Å². The van der Waals surface area contributed by atoms with Gasteiger partial charge in [-0.05, 0) is 44.2 Å². The van der Waals surface area contributed by atoms with Gasteiger partial charge >= 0.3 is 0 Å². The zero-order valence-corrected chi connectivity index (χ0v) is 16.6. The standard InChI is InChI=1S/C20H19BrN4O2/c1-11(2)27-18-4-3-12(21)9-14(18)19-22-7-6-16(25-19)17-10-13-15(24-17)5-8-23-20(13)26/h3-4,6-7,9-11,24H,5,8H2,1-2H3,(H,23,26). The highest BCUT2D eigenvalue weighted by Gasteiger charge is 2.21. The first-order valence-corrected chi connectivity index (χ1v) is 9.60. The van der Waals surface area contributed by atoms with Crippen LogP contribution in [0, 0.1) is 0 Å². The van der Waals surface area contributed by atoms with E-state index in [-0.39, 0.29) is 12.0 Å². The maximum absolute atomic E-state index is 12.0. The van der Waals surface area contributed by atoms with Crippen molar-refractivity contribution in [1.29, 1.82) is 0 Å². The number of halogens is 1. The van der Waals surface area contributed by atoms with Gasteiger partial charge in [-0.25, -0.2) is 9.97 Å². The number of ether oxygens (including phenoxy) is 1. The third-order valence-electron chi connectivity index (χ3n) is 4.28. The third-order valence-corrected chi connectivity index (χ3v) is 4.77. The molecule has 1 aliphatic rings. The summed E-state index contributed by atoms with van der Waals surface area (Å²) >= 11 is 3.51. The Hall–Kier alpha value is -2.67. The molecule has 0 unspecified atom stereocenters. The SMILES string of the molecule is CC(C)Oc1ccc(Br)cc1-c1nccc(-c2cc3c([nH]2)CCNC3=O)n1. The third kappa shape index (κ3) is 3.60. The predicted octanol–water partition coefficient (Wildman–Crippen LogP) is 3.97. The van der Waals surface area contributed by atoms with Gasteiger partial charge in [-0.3, -0.25) is 4.79 Å². The average Bonchev–Trinajstić information content (AvgIpc) is 3.09. The van der Waals surface area contributed by atoms with Crippen molar-refractivity contribution in [3.05, 3.63) is 52.3 Å². The number of H-pyrrole nitrogens is 1. The lowest BCUT2D eigenvalue weighted by molar-refractivity contribution is 0.0946. The quantitative estimate of drug-likeness (QED) is 0.661. The van der Waals surface area contributed by atoms with Crippen LogP contribution in [0.4, 0.5) is 0 Å². The summed E-state index contributed by atoms with van der Waals surface area (Å²) in [4.78, 5) is 24.5. The summed E-state index contributed by atoms with van der Waals surface area (Å²) in [5.74, 6) is 1.25. The number of carbonyl (C=O) groups excluding carboxylic acids is 1. The highest BCUT2D eigenvalue weighted by atomic mass is 79.9. The minimum atomic E-state index is -0.0485. The minimum absolute atomic E-state index is 0.0433. The minimum Gasteiger partial charge on any atom is -0.490 e. The fourth-order valence-corrected chi connectivity index (χ4v) is 3.46. The molecule has 4 rings (SSSR count). The summed E-state index contributed by atoms with van der Waals surface area (Å²) in [5.41, 5.74) is 3.98. The number of aromatic amines is 1. The second-order valence-corrected chi connectivity index (χ2v) is 7.57. The Morgan fingerprint density at radius 2 is 2.04 bits per heavy atom. The topological polar surface area (TPSA) is 79.9 Å². The molecule has 3 aromatic rings. The Balaban J connectivity index is 1.76. The molecule has 6 nitrogen and oxygen atoms in total. The van der Waals surface area contributed by atoms with Crippen molar-refractivity contribution in [3.63, 3.8) is 0 Å². The van der Waals surface area contributed by atoms with E-state index in [1.54, 1.807) is 6.20 Å². The molecule has 0 spiro atoms. The van der Waals surface area contributed by atoms with Crippen molar-refractivity contribution in [2.24, 2.45) is 0 Å². The molecular formula is C20H19BrN4O2. The number of fused-ring (bicyclic) bond motifs is 1. The summed E-state index contributed by atoms with van der Waals surface area (Å²) in [7, 11) is 0. The number of rotatable bonds is 4. The number of nitrogens with one attached hydrogen (secondary N) is 2. The normalized spacial score (nSPS) is 13.4. The maximum Gasteiger partial charge on any atom is 0.253 e. The molecule has 0 fully saturated rings. The second-order valence-electron chi connectivity index (χ2n) is 6.65. The largest absolute Gasteiger partial charge is 0.490 e. The van der Waals surface area contributed by atoms with Crippen LogP contribution >= 0.6 is 15.9 Å². The van der Waals surface area contributed by atoms with Gasteiger partial charge in [-0.1, -0.05) is 15.9 Å². The van der Waals surface area contributed by atoms with E-state index in [1.807, 2.05) is 44.2 Å². The molecule has 27 heavy (non-hydrogen) atoms. The first-order chi connectivity index (χ1) is 13.0. The molecule has 0 radical (unpaired) electrons. The van der Waals surface area contributed by atoms with E-state index in [1.165, 1.54) is 0 Å². The van der Waals surface area contributed by atoms with E-state index in [0.29, 0.717) is 17.9 Å². The van der Waals surface area contributed by atoms with Crippen LogP contribution in [-0.2, 0) is 6.42 Å². The highest BCUT2D eigenvalue weighted by molar-refractivity contribution is 9.10. The van der Waals surface area contributed by atoms with Crippen molar-refractivity contribution in [3.8, 4) is 28.5 Å².